The third-order valence-electron chi connectivity index (χ3n) is 2.79. The predicted molar refractivity (Wildman–Crippen MR) is 58.4 cm³/mol. The first-order chi connectivity index (χ1) is 7.33. The molecule has 0 aliphatic carbocycles. The maximum absolute atomic E-state index is 5.91. The summed E-state index contributed by atoms with van der Waals surface area (Å²) in [5.74, 6) is 0.448. The first kappa shape index (κ1) is 9.19. The van der Waals surface area contributed by atoms with E-state index in [1.54, 1.807) is 0 Å². The zero-order chi connectivity index (χ0) is 10.3. The number of hydrogen-bond donors (Lipinski definition) is 0. The first-order valence-corrected chi connectivity index (χ1v) is 5.42. The molecule has 0 spiro atoms. The first-order valence-electron chi connectivity index (χ1n) is 5.05. The molecule has 2 aromatic rings. The van der Waals surface area contributed by atoms with Gasteiger partial charge in [-0.3, -0.25) is 0 Å². The summed E-state index contributed by atoms with van der Waals surface area (Å²) in [6.45, 7) is 1.64. The Morgan fingerprint density at radius 1 is 1.53 bits per heavy atom. The van der Waals surface area contributed by atoms with Crippen LogP contribution in [0.1, 0.15) is 18.0 Å². The molecule has 0 saturated carbocycles. The molecule has 15 heavy (non-hydrogen) atoms. The molecule has 1 fully saturated rings. The van der Waals surface area contributed by atoms with Crippen LogP contribution in [0.3, 0.4) is 0 Å². The highest BCUT2D eigenvalue weighted by atomic mass is 35.5. The molecule has 1 aliphatic rings. The lowest BCUT2D eigenvalue weighted by Gasteiger charge is -2.00. The topological polar surface area (TPSA) is 26.5 Å². The number of imidazole rings is 1. The van der Waals surface area contributed by atoms with Crippen molar-refractivity contribution >= 4 is 17.2 Å². The number of aromatic nitrogens is 2. The normalized spacial score (nSPS) is 21.3. The Hall–Kier alpha value is -1.06. The standard InChI is InChI=1S/C11H11ClN2O/c12-9-1-3-14-6-10(13-11(14)5-9)8-2-4-15-7-8/h1,3,5-6,8H,2,4,7H2. The highest BCUT2D eigenvalue weighted by Crippen LogP contribution is 2.25. The van der Waals surface area contributed by atoms with Gasteiger partial charge in [0.1, 0.15) is 5.65 Å². The lowest BCUT2D eigenvalue weighted by atomic mass is 10.1. The van der Waals surface area contributed by atoms with E-state index in [0.29, 0.717) is 5.92 Å². The van der Waals surface area contributed by atoms with Crippen molar-refractivity contribution in [2.45, 2.75) is 12.3 Å². The molecule has 4 heteroatoms. The van der Waals surface area contributed by atoms with Crippen LogP contribution >= 0.6 is 11.6 Å². The van der Waals surface area contributed by atoms with E-state index in [2.05, 4.69) is 11.2 Å². The fraction of sp³-hybridized carbons (Fsp3) is 0.364. The number of rotatable bonds is 1. The highest BCUT2D eigenvalue weighted by Gasteiger charge is 2.20. The van der Waals surface area contributed by atoms with Crippen LogP contribution in [0, 0.1) is 0 Å². The van der Waals surface area contributed by atoms with Gasteiger partial charge in [-0.2, -0.15) is 0 Å². The van der Waals surface area contributed by atoms with Crippen molar-refractivity contribution in [2.75, 3.05) is 13.2 Å². The van der Waals surface area contributed by atoms with Crippen LogP contribution in [-0.2, 0) is 4.74 Å². The van der Waals surface area contributed by atoms with Crippen LogP contribution in [0.15, 0.2) is 24.5 Å². The molecule has 0 aromatic carbocycles. The highest BCUT2D eigenvalue weighted by molar-refractivity contribution is 6.30. The van der Waals surface area contributed by atoms with Gasteiger partial charge in [-0.25, -0.2) is 4.98 Å². The Bertz CT molecular complexity index is 488. The third kappa shape index (κ3) is 1.62. The van der Waals surface area contributed by atoms with E-state index in [4.69, 9.17) is 16.3 Å². The van der Waals surface area contributed by atoms with Crippen molar-refractivity contribution in [2.24, 2.45) is 0 Å². The average molecular weight is 223 g/mol. The Morgan fingerprint density at radius 2 is 2.47 bits per heavy atom. The number of ether oxygens (including phenoxy) is 1. The van der Waals surface area contributed by atoms with Crippen LogP contribution in [0.25, 0.3) is 5.65 Å². The minimum Gasteiger partial charge on any atom is -0.381 e. The van der Waals surface area contributed by atoms with Crippen molar-refractivity contribution in [1.29, 1.82) is 0 Å². The van der Waals surface area contributed by atoms with Crippen molar-refractivity contribution < 1.29 is 4.74 Å². The van der Waals surface area contributed by atoms with E-state index in [1.807, 2.05) is 22.7 Å². The summed E-state index contributed by atoms with van der Waals surface area (Å²) in [7, 11) is 0. The minimum atomic E-state index is 0.448. The molecule has 0 radical (unpaired) electrons. The Kier molecular flexibility index (Phi) is 2.15. The fourth-order valence-electron chi connectivity index (χ4n) is 1.94. The van der Waals surface area contributed by atoms with E-state index in [-0.39, 0.29) is 0 Å². The van der Waals surface area contributed by atoms with E-state index in [0.717, 1.165) is 36.0 Å². The summed E-state index contributed by atoms with van der Waals surface area (Å²) >= 11 is 5.91. The van der Waals surface area contributed by atoms with Crippen LogP contribution < -0.4 is 0 Å². The average Bonchev–Trinajstić information content (AvgIpc) is 2.84. The van der Waals surface area contributed by atoms with Crippen LogP contribution in [-0.4, -0.2) is 22.6 Å². The van der Waals surface area contributed by atoms with Crippen molar-refractivity contribution in [1.82, 2.24) is 9.38 Å². The molecule has 1 atom stereocenters. The molecule has 3 heterocycles. The van der Waals surface area contributed by atoms with Gasteiger partial charge in [-0.05, 0) is 18.6 Å². The SMILES string of the molecule is Clc1ccn2cc(C3CCOC3)nc2c1. The number of halogens is 1. The monoisotopic (exact) mass is 222 g/mol. The Morgan fingerprint density at radius 3 is 3.27 bits per heavy atom. The van der Waals surface area contributed by atoms with Crippen LogP contribution in [0.5, 0.6) is 0 Å². The minimum absolute atomic E-state index is 0.448. The molecular weight excluding hydrogens is 212 g/mol. The molecular formula is C11H11ClN2O. The van der Waals surface area contributed by atoms with Gasteiger partial charge in [0, 0.05) is 29.9 Å². The van der Waals surface area contributed by atoms with Crippen molar-refractivity contribution in [3.8, 4) is 0 Å². The van der Waals surface area contributed by atoms with Gasteiger partial charge in [0.25, 0.3) is 0 Å². The summed E-state index contributed by atoms with van der Waals surface area (Å²) < 4.78 is 7.36. The van der Waals surface area contributed by atoms with Gasteiger partial charge in [0.05, 0.1) is 12.3 Å². The Balaban J connectivity index is 2.05. The lowest BCUT2D eigenvalue weighted by Crippen LogP contribution is -1.96. The zero-order valence-corrected chi connectivity index (χ0v) is 8.94. The van der Waals surface area contributed by atoms with Gasteiger partial charge in [-0.15, -0.1) is 0 Å². The van der Waals surface area contributed by atoms with Crippen molar-refractivity contribution in [3.05, 3.63) is 35.2 Å². The Labute approximate surface area is 92.6 Å². The van der Waals surface area contributed by atoms with Crippen LogP contribution in [0.4, 0.5) is 0 Å². The molecule has 0 N–H and O–H groups in total. The quantitative estimate of drug-likeness (QED) is 0.741. The van der Waals surface area contributed by atoms with Gasteiger partial charge in [0.15, 0.2) is 0 Å². The van der Waals surface area contributed by atoms with Gasteiger partial charge in [-0.1, -0.05) is 11.6 Å². The van der Waals surface area contributed by atoms with E-state index >= 15 is 0 Å². The van der Waals surface area contributed by atoms with Gasteiger partial charge < -0.3 is 9.14 Å². The molecule has 1 unspecified atom stereocenters. The molecule has 1 aliphatic heterocycles. The van der Waals surface area contributed by atoms with Crippen LogP contribution in [0.2, 0.25) is 5.02 Å². The smallest absolute Gasteiger partial charge is 0.138 e. The van der Waals surface area contributed by atoms with E-state index < -0.39 is 0 Å². The second-order valence-corrected chi connectivity index (χ2v) is 4.27. The van der Waals surface area contributed by atoms with E-state index in [1.165, 1.54) is 0 Å². The van der Waals surface area contributed by atoms with Gasteiger partial charge in [0.2, 0.25) is 0 Å². The molecule has 0 amide bonds. The predicted octanol–water partition coefficient (Wildman–Crippen LogP) is 2.49. The molecule has 78 valence electrons. The third-order valence-corrected chi connectivity index (χ3v) is 3.02. The maximum Gasteiger partial charge on any atom is 0.138 e. The molecule has 2 aromatic heterocycles. The van der Waals surface area contributed by atoms with Crippen molar-refractivity contribution in [3.63, 3.8) is 0 Å². The zero-order valence-electron chi connectivity index (χ0n) is 8.19. The van der Waals surface area contributed by atoms with E-state index in [9.17, 15) is 0 Å². The fourth-order valence-corrected chi connectivity index (χ4v) is 2.10. The summed E-state index contributed by atoms with van der Waals surface area (Å²) in [5.41, 5.74) is 2.01. The lowest BCUT2D eigenvalue weighted by molar-refractivity contribution is 0.193. The molecule has 3 rings (SSSR count). The number of hydrogen-bond acceptors (Lipinski definition) is 2. The second-order valence-electron chi connectivity index (χ2n) is 3.84. The number of fused-ring (bicyclic) bond motifs is 1. The largest absolute Gasteiger partial charge is 0.381 e. The second kappa shape index (κ2) is 3.51. The summed E-state index contributed by atoms with van der Waals surface area (Å²) in [5, 5.41) is 0.724. The summed E-state index contributed by atoms with van der Waals surface area (Å²) in [6.07, 6.45) is 5.06. The summed E-state index contributed by atoms with van der Waals surface area (Å²) in [6, 6.07) is 3.74. The summed E-state index contributed by atoms with van der Waals surface area (Å²) in [4.78, 5) is 4.55. The maximum atomic E-state index is 5.91. The number of nitrogens with zero attached hydrogens (tertiary/aromatic N) is 2. The molecule has 0 bridgehead atoms. The van der Waals surface area contributed by atoms with Gasteiger partial charge >= 0.3 is 0 Å². The molecule has 3 nitrogen and oxygen atoms in total. The number of pyridine rings is 1. The molecule has 1 saturated heterocycles.